The fourth-order valence-corrected chi connectivity index (χ4v) is 3.55. The number of hydrogen-bond acceptors (Lipinski definition) is 5. The summed E-state index contributed by atoms with van der Waals surface area (Å²) in [5.41, 5.74) is 3.01. The molecule has 4 rings (SSSR count). The molecule has 170 valence electrons. The van der Waals surface area contributed by atoms with Crippen molar-refractivity contribution < 1.29 is 14.3 Å². The number of amides is 1. The first-order chi connectivity index (χ1) is 16.5. The molecular weight excluding hydrogens is 430 g/mol. The monoisotopic (exact) mass is 453 g/mol. The number of esters is 1. The van der Waals surface area contributed by atoms with Gasteiger partial charge in [0.05, 0.1) is 23.2 Å². The van der Waals surface area contributed by atoms with Crippen molar-refractivity contribution in [1.29, 1.82) is 0 Å². The quantitative estimate of drug-likeness (QED) is 0.342. The molecule has 0 spiro atoms. The molecule has 3 aromatic carbocycles. The number of fused-ring (bicyclic) bond motifs is 1. The molecule has 0 saturated heterocycles. The molecule has 1 N–H and O–H groups in total. The Bertz CT molecular complexity index is 1440. The second-order valence-electron chi connectivity index (χ2n) is 7.53. The Labute approximate surface area is 196 Å². The molecule has 34 heavy (non-hydrogen) atoms. The number of nitrogens with zero attached hydrogens (tertiary/aromatic N) is 2. The van der Waals surface area contributed by atoms with Crippen molar-refractivity contribution in [2.45, 2.75) is 13.8 Å². The largest absolute Gasteiger partial charge is 0.463 e. The summed E-state index contributed by atoms with van der Waals surface area (Å²) in [6.07, 6.45) is 3.00. The fourth-order valence-electron chi connectivity index (χ4n) is 3.55. The Morgan fingerprint density at radius 2 is 1.71 bits per heavy atom. The zero-order valence-electron chi connectivity index (χ0n) is 18.8. The number of nitrogens with one attached hydrogen (secondary N) is 1. The molecule has 1 aromatic heterocycles. The average molecular weight is 453 g/mol. The maximum atomic E-state index is 13.0. The van der Waals surface area contributed by atoms with Crippen LogP contribution in [0, 0.1) is 6.92 Å². The van der Waals surface area contributed by atoms with Crippen molar-refractivity contribution in [2.75, 3.05) is 11.9 Å². The van der Waals surface area contributed by atoms with Crippen LogP contribution in [0.5, 0.6) is 0 Å². The molecule has 0 radical (unpaired) electrons. The summed E-state index contributed by atoms with van der Waals surface area (Å²) in [5.74, 6) is -0.111. The molecule has 7 nitrogen and oxygen atoms in total. The second-order valence-corrected chi connectivity index (χ2v) is 7.53. The minimum atomic E-state index is -0.403. The summed E-state index contributed by atoms with van der Waals surface area (Å²) in [4.78, 5) is 41.6. The number of anilines is 1. The van der Waals surface area contributed by atoms with Gasteiger partial charge in [-0.15, -0.1) is 0 Å². The molecule has 0 aliphatic carbocycles. The molecule has 0 bridgehead atoms. The summed E-state index contributed by atoms with van der Waals surface area (Å²) >= 11 is 0. The van der Waals surface area contributed by atoms with Gasteiger partial charge in [0.25, 0.3) is 11.5 Å². The van der Waals surface area contributed by atoms with E-state index >= 15 is 0 Å². The first-order valence-electron chi connectivity index (χ1n) is 10.8. The van der Waals surface area contributed by atoms with Crippen molar-refractivity contribution in [3.8, 4) is 5.69 Å². The van der Waals surface area contributed by atoms with Crippen LogP contribution in [0.1, 0.15) is 28.7 Å². The van der Waals surface area contributed by atoms with Gasteiger partial charge in [-0.2, -0.15) is 0 Å². The smallest absolute Gasteiger partial charge is 0.330 e. The van der Waals surface area contributed by atoms with Gasteiger partial charge in [0.1, 0.15) is 5.82 Å². The number of rotatable bonds is 6. The molecule has 1 amide bonds. The van der Waals surface area contributed by atoms with Crippen LogP contribution >= 0.6 is 0 Å². The highest BCUT2D eigenvalue weighted by Crippen LogP contribution is 2.16. The van der Waals surface area contributed by atoms with Gasteiger partial charge >= 0.3 is 5.97 Å². The summed E-state index contributed by atoms with van der Waals surface area (Å²) in [5, 5.41) is 3.38. The predicted octanol–water partition coefficient (Wildman–Crippen LogP) is 4.52. The van der Waals surface area contributed by atoms with Gasteiger partial charge in [0, 0.05) is 17.3 Å². The first-order valence-corrected chi connectivity index (χ1v) is 10.8. The van der Waals surface area contributed by atoms with Crippen LogP contribution < -0.4 is 10.9 Å². The van der Waals surface area contributed by atoms with Crippen LogP contribution in [0.2, 0.25) is 0 Å². The molecule has 0 unspecified atom stereocenters. The average Bonchev–Trinajstić information content (AvgIpc) is 2.84. The third kappa shape index (κ3) is 4.94. The molecule has 1 heterocycles. The van der Waals surface area contributed by atoms with Crippen molar-refractivity contribution in [2.24, 2.45) is 0 Å². The maximum absolute atomic E-state index is 13.0. The third-order valence-corrected chi connectivity index (χ3v) is 5.20. The second kappa shape index (κ2) is 9.95. The topological polar surface area (TPSA) is 90.3 Å². The van der Waals surface area contributed by atoms with Gasteiger partial charge in [0.2, 0.25) is 0 Å². The van der Waals surface area contributed by atoms with Crippen LogP contribution in [-0.4, -0.2) is 28.0 Å². The molecule has 0 aliphatic rings. The Hall–Kier alpha value is -4.52. The lowest BCUT2D eigenvalue weighted by Crippen LogP contribution is -2.22. The number of benzene rings is 3. The summed E-state index contributed by atoms with van der Waals surface area (Å²) in [6, 6.07) is 21.1. The summed E-state index contributed by atoms with van der Waals surface area (Å²) in [6.45, 7) is 3.85. The highest BCUT2D eigenvalue weighted by molar-refractivity contribution is 6.04. The predicted molar refractivity (Wildman–Crippen MR) is 132 cm³/mol. The van der Waals surface area contributed by atoms with E-state index in [4.69, 9.17) is 4.74 Å². The fraction of sp³-hybridized carbons (Fsp3) is 0.111. The molecule has 0 aliphatic heterocycles. The minimum Gasteiger partial charge on any atom is -0.463 e. The lowest BCUT2D eigenvalue weighted by molar-refractivity contribution is -0.137. The van der Waals surface area contributed by atoms with Crippen molar-refractivity contribution >= 4 is 34.5 Å². The van der Waals surface area contributed by atoms with E-state index in [2.05, 4.69) is 10.3 Å². The van der Waals surface area contributed by atoms with Crippen LogP contribution in [0.25, 0.3) is 22.7 Å². The number of para-hydroxylation sites is 1. The normalized spacial score (nSPS) is 11.0. The van der Waals surface area contributed by atoms with E-state index in [1.165, 1.54) is 10.6 Å². The summed E-state index contributed by atoms with van der Waals surface area (Å²) < 4.78 is 6.39. The lowest BCUT2D eigenvalue weighted by atomic mass is 10.1. The van der Waals surface area contributed by atoms with Gasteiger partial charge in [-0.3, -0.25) is 14.2 Å². The maximum Gasteiger partial charge on any atom is 0.330 e. The first kappa shape index (κ1) is 22.7. The Morgan fingerprint density at radius 3 is 2.41 bits per heavy atom. The lowest BCUT2D eigenvalue weighted by Gasteiger charge is -2.11. The van der Waals surface area contributed by atoms with Gasteiger partial charge in [-0.25, -0.2) is 9.78 Å². The van der Waals surface area contributed by atoms with Crippen molar-refractivity contribution in [3.63, 3.8) is 0 Å². The van der Waals surface area contributed by atoms with E-state index in [1.807, 2.05) is 18.2 Å². The molecule has 7 heteroatoms. The van der Waals surface area contributed by atoms with E-state index in [1.54, 1.807) is 74.5 Å². The van der Waals surface area contributed by atoms with Crippen molar-refractivity contribution in [3.05, 3.63) is 106 Å². The number of hydrogen-bond donors (Lipinski definition) is 1. The van der Waals surface area contributed by atoms with E-state index in [0.717, 1.165) is 5.56 Å². The van der Waals surface area contributed by atoms with E-state index in [9.17, 15) is 14.4 Å². The summed E-state index contributed by atoms with van der Waals surface area (Å²) in [7, 11) is 0. The van der Waals surface area contributed by atoms with E-state index < -0.39 is 5.97 Å². The molecule has 0 atom stereocenters. The number of aromatic nitrogens is 2. The molecule has 0 saturated carbocycles. The van der Waals surface area contributed by atoms with Gasteiger partial charge in [-0.1, -0.05) is 24.3 Å². The number of carbonyl (C=O) groups excluding carboxylic acids is 2. The van der Waals surface area contributed by atoms with Gasteiger partial charge in [0.15, 0.2) is 0 Å². The Balaban J connectivity index is 1.49. The Kier molecular flexibility index (Phi) is 6.64. The zero-order chi connectivity index (χ0) is 24.1. The molecule has 4 aromatic rings. The highest BCUT2D eigenvalue weighted by Gasteiger charge is 2.11. The van der Waals surface area contributed by atoms with Crippen LogP contribution in [0.15, 0.2) is 83.7 Å². The Morgan fingerprint density at radius 1 is 1.00 bits per heavy atom. The van der Waals surface area contributed by atoms with E-state index in [-0.39, 0.29) is 11.5 Å². The highest BCUT2D eigenvalue weighted by atomic mass is 16.5. The number of aryl methyl sites for hydroxylation is 1. The van der Waals surface area contributed by atoms with Gasteiger partial charge < -0.3 is 10.1 Å². The zero-order valence-corrected chi connectivity index (χ0v) is 18.8. The van der Waals surface area contributed by atoms with Crippen LogP contribution in [0.4, 0.5) is 5.69 Å². The SMILES string of the molecule is CCOC(=O)/C=C/c1ccc(NC(=O)c2ccc(-n3c(C)nc4ccccc4c3=O)cc2)cc1. The molecule has 0 fully saturated rings. The van der Waals surface area contributed by atoms with Crippen molar-refractivity contribution in [1.82, 2.24) is 9.55 Å². The van der Waals surface area contributed by atoms with Crippen LogP contribution in [0.3, 0.4) is 0 Å². The van der Waals surface area contributed by atoms with Gasteiger partial charge in [-0.05, 0) is 74.0 Å². The number of carbonyl (C=O) groups is 2. The number of ether oxygens (including phenoxy) is 1. The minimum absolute atomic E-state index is 0.155. The third-order valence-electron chi connectivity index (χ3n) is 5.20. The van der Waals surface area contributed by atoms with Crippen LogP contribution in [-0.2, 0) is 9.53 Å². The standard InChI is InChI=1S/C27H23N3O4/c1-3-34-25(31)17-10-19-8-13-21(14-9-19)29-26(32)20-11-15-22(16-12-20)30-18(2)28-24-7-5-4-6-23(24)27(30)33/h4-17H,3H2,1-2H3,(H,29,32)/b17-10+. The molecular formula is C27H23N3O4. The van der Waals surface area contributed by atoms with E-state index in [0.29, 0.717) is 40.3 Å².